The van der Waals surface area contributed by atoms with Gasteiger partial charge in [0, 0.05) is 38.1 Å². The molecule has 0 saturated heterocycles. The van der Waals surface area contributed by atoms with Gasteiger partial charge in [0.15, 0.2) is 0 Å². The quantitative estimate of drug-likeness (QED) is 0.604. The minimum absolute atomic E-state index is 0.152. The highest BCUT2D eigenvalue weighted by Crippen LogP contribution is 2.30. The van der Waals surface area contributed by atoms with Crippen LogP contribution in [0.3, 0.4) is 0 Å². The van der Waals surface area contributed by atoms with E-state index < -0.39 is 0 Å². The van der Waals surface area contributed by atoms with Crippen molar-refractivity contribution in [3.05, 3.63) is 64.7 Å². The second-order valence-electron chi connectivity index (χ2n) is 6.70. The Morgan fingerprint density at radius 2 is 1.85 bits per heavy atom. The number of ether oxygens (including phenoxy) is 1. The summed E-state index contributed by atoms with van der Waals surface area (Å²) in [5.74, 6) is -0.806. The molecule has 0 atom stereocenters. The molecule has 0 aliphatic carbocycles. The highest BCUT2D eigenvalue weighted by Gasteiger charge is 2.36. The number of fused-ring (bicyclic) bond motifs is 2. The van der Waals surface area contributed by atoms with Crippen molar-refractivity contribution in [2.45, 2.75) is 12.8 Å². The van der Waals surface area contributed by atoms with Crippen LogP contribution < -0.4 is 4.90 Å². The molecule has 2 aromatic carbocycles. The lowest BCUT2D eigenvalue weighted by Crippen LogP contribution is -2.31. The Morgan fingerprint density at radius 1 is 1.07 bits per heavy atom. The van der Waals surface area contributed by atoms with Gasteiger partial charge in [0.25, 0.3) is 17.7 Å². The predicted octanol–water partition coefficient (Wildman–Crippen LogP) is 2.52. The fourth-order valence-corrected chi connectivity index (χ4v) is 3.70. The minimum atomic E-state index is -0.345. The largest absolute Gasteiger partial charge is 0.385 e. The molecule has 6 heteroatoms. The summed E-state index contributed by atoms with van der Waals surface area (Å²) < 4.78 is 4.99. The monoisotopic (exact) mass is 364 g/mol. The topological polar surface area (TPSA) is 66.9 Å². The van der Waals surface area contributed by atoms with E-state index in [1.165, 1.54) is 4.90 Å². The van der Waals surface area contributed by atoms with Crippen LogP contribution in [0.1, 0.15) is 43.1 Å². The summed E-state index contributed by atoms with van der Waals surface area (Å²) in [4.78, 5) is 41.1. The van der Waals surface area contributed by atoms with E-state index in [2.05, 4.69) is 0 Å². The van der Waals surface area contributed by atoms with Crippen molar-refractivity contribution in [3.8, 4) is 0 Å². The first-order valence-corrected chi connectivity index (χ1v) is 9.01. The van der Waals surface area contributed by atoms with Gasteiger partial charge in [0.05, 0.1) is 11.1 Å². The molecule has 6 nitrogen and oxygen atoms in total. The molecule has 2 aliphatic heterocycles. The van der Waals surface area contributed by atoms with Crippen LogP contribution in [0.5, 0.6) is 0 Å². The molecule has 0 aromatic heterocycles. The molecule has 0 radical (unpaired) electrons. The maximum atomic E-state index is 13.0. The number of hydrogen-bond acceptors (Lipinski definition) is 4. The maximum Gasteiger partial charge on any atom is 0.261 e. The lowest BCUT2D eigenvalue weighted by Gasteiger charge is -2.17. The number of benzene rings is 2. The summed E-state index contributed by atoms with van der Waals surface area (Å²) in [5.41, 5.74) is 3.13. The Labute approximate surface area is 157 Å². The number of carbonyl (C=O) groups is 3. The van der Waals surface area contributed by atoms with Crippen LogP contribution in [0.4, 0.5) is 5.69 Å². The number of imide groups is 1. The van der Waals surface area contributed by atoms with Crippen LogP contribution >= 0.6 is 0 Å². The molecule has 2 aromatic rings. The Bertz CT molecular complexity index is 938. The van der Waals surface area contributed by atoms with Crippen LogP contribution in [0.2, 0.25) is 0 Å². The SMILES string of the molecule is COCCCN1C(=O)c2ccc(C(=O)N3CCc4ccccc43)cc2C1=O. The molecule has 27 heavy (non-hydrogen) atoms. The first-order chi connectivity index (χ1) is 13.1. The third-order valence-corrected chi connectivity index (χ3v) is 5.08. The van der Waals surface area contributed by atoms with Crippen LogP contribution in [0.15, 0.2) is 42.5 Å². The van der Waals surface area contributed by atoms with E-state index in [0.29, 0.717) is 42.8 Å². The van der Waals surface area contributed by atoms with Gasteiger partial charge in [-0.1, -0.05) is 18.2 Å². The van der Waals surface area contributed by atoms with Gasteiger partial charge in [-0.25, -0.2) is 0 Å². The summed E-state index contributed by atoms with van der Waals surface area (Å²) in [7, 11) is 1.58. The van der Waals surface area contributed by atoms with Crippen molar-refractivity contribution >= 4 is 23.4 Å². The van der Waals surface area contributed by atoms with E-state index in [4.69, 9.17) is 4.74 Å². The summed E-state index contributed by atoms with van der Waals surface area (Å²) in [6.07, 6.45) is 1.40. The lowest BCUT2D eigenvalue weighted by molar-refractivity contribution is 0.0638. The number of nitrogens with zero attached hydrogens (tertiary/aromatic N) is 2. The Kier molecular flexibility index (Phi) is 4.49. The van der Waals surface area contributed by atoms with Gasteiger partial charge < -0.3 is 9.64 Å². The van der Waals surface area contributed by atoms with Crippen molar-refractivity contribution in [2.75, 3.05) is 31.7 Å². The molecule has 0 N–H and O–H groups in total. The Morgan fingerprint density at radius 3 is 2.67 bits per heavy atom. The minimum Gasteiger partial charge on any atom is -0.385 e. The van der Waals surface area contributed by atoms with Gasteiger partial charge in [0.2, 0.25) is 0 Å². The zero-order chi connectivity index (χ0) is 19.0. The molecule has 0 unspecified atom stereocenters. The number of rotatable bonds is 5. The first-order valence-electron chi connectivity index (χ1n) is 9.01. The van der Waals surface area contributed by atoms with E-state index in [-0.39, 0.29) is 17.7 Å². The van der Waals surface area contributed by atoms with Gasteiger partial charge in [-0.3, -0.25) is 19.3 Å². The zero-order valence-electron chi connectivity index (χ0n) is 15.1. The van der Waals surface area contributed by atoms with Crippen molar-refractivity contribution in [1.82, 2.24) is 4.90 Å². The van der Waals surface area contributed by atoms with Gasteiger partial charge in [0.1, 0.15) is 0 Å². The third kappa shape index (κ3) is 2.92. The number of anilines is 1. The van der Waals surface area contributed by atoms with Crippen molar-refractivity contribution in [1.29, 1.82) is 0 Å². The normalized spacial score (nSPS) is 15.3. The van der Waals surface area contributed by atoms with Gasteiger partial charge in [-0.05, 0) is 42.7 Å². The number of hydrogen-bond donors (Lipinski definition) is 0. The maximum absolute atomic E-state index is 13.0. The van der Waals surface area contributed by atoms with Crippen molar-refractivity contribution in [3.63, 3.8) is 0 Å². The summed E-state index contributed by atoms with van der Waals surface area (Å²) in [6, 6.07) is 12.6. The molecular formula is C21H20N2O4. The van der Waals surface area contributed by atoms with Gasteiger partial charge in [-0.15, -0.1) is 0 Å². The van der Waals surface area contributed by atoms with Crippen LogP contribution in [0.25, 0.3) is 0 Å². The van der Waals surface area contributed by atoms with E-state index >= 15 is 0 Å². The molecule has 0 spiro atoms. The molecule has 2 aliphatic rings. The molecule has 138 valence electrons. The van der Waals surface area contributed by atoms with Crippen LogP contribution in [0, 0.1) is 0 Å². The summed E-state index contributed by atoms with van der Waals surface area (Å²) >= 11 is 0. The van der Waals surface area contributed by atoms with Crippen molar-refractivity contribution in [2.24, 2.45) is 0 Å². The fourth-order valence-electron chi connectivity index (χ4n) is 3.70. The average molecular weight is 364 g/mol. The molecule has 4 rings (SSSR count). The Hall–Kier alpha value is -2.99. The molecule has 2 heterocycles. The smallest absolute Gasteiger partial charge is 0.261 e. The van der Waals surface area contributed by atoms with Gasteiger partial charge >= 0.3 is 0 Å². The number of carbonyl (C=O) groups excluding carboxylic acids is 3. The summed E-state index contributed by atoms with van der Waals surface area (Å²) in [5, 5.41) is 0. The van der Waals surface area contributed by atoms with Crippen molar-refractivity contribution < 1.29 is 19.1 Å². The molecule has 0 saturated carbocycles. The van der Waals surface area contributed by atoms with E-state index in [0.717, 1.165) is 17.7 Å². The molecule has 3 amide bonds. The predicted molar refractivity (Wildman–Crippen MR) is 100 cm³/mol. The number of para-hydroxylation sites is 1. The van der Waals surface area contributed by atoms with E-state index in [1.807, 2.05) is 24.3 Å². The second kappa shape index (κ2) is 6.96. The molecule has 0 bridgehead atoms. The average Bonchev–Trinajstić information content (AvgIpc) is 3.22. The number of methoxy groups -OCH3 is 1. The molecule has 0 fully saturated rings. The van der Waals surface area contributed by atoms with Crippen LogP contribution in [-0.2, 0) is 11.2 Å². The summed E-state index contributed by atoms with van der Waals surface area (Å²) in [6.45, 7) is 1.40. The fraction of sp³-hybridized carbons (Fsp3) is 0.286. The molecular weight excluding hydrogens is 344 g/mol. The zero-order valence-corrected chi connectivity index (χ0v) is 15.1. The van der Waals surface area contributed by atoms with E-state index in [9.17, 15) is 14.4 Å². The third-order valence-electron chi connectivity index (χ3n) is 5.08. The highest BCUT2D eigenvalue weighted by molar-refractivity contribution is 6.22. The number of amides is 3. The second-order valence-corrected chi connectivity index (χ2v) is 6.70. The lowest BCUT2D eigenvalue weighted by atomic mass is 10.0. The van der Waals surface area contributed by atoms with Crippen LogP contribution in [-0.4, -0.2) is 49.4 Å². The van der Waals surface area contributed by atoms with Gasteiger partial charge in [-0.2, -0.15) is 0 Å². The standard InChI is InChI=1S/C21H20N2O4/c1-27-12-4-10-23-20(25)16-8-7-15(13-17(16)21(23)26)19(24)22-11-9-14-5-2-3-6-18(14)22/h2-3,5-8,13H,4,9-12H2,1H3. The van der Waals surface area contributed by atoms with E-state index in [1.54, 1.807) is 30.2 Å². The Balaban J connectivity index is 1.59. The highest BCUT2D eigenvalue weighted by atomic mass is 16.5. The first kappa shape index (κ1) is 17.4.